The molecule has 3 rings (SSSR count). The Kier molecular flexibility index (Phi) is 4.74. The molecule has 0 saturated carbocycles. The highest BCUT2D eigenvalue weighted by atomic mass is 16.5. The zero-order chi connectivity index (χ0) is 18.0. The first-order valence-electron chi connectivity index (χ1n) is 8.02. The summed E-state index contributed by atoms with van der Waals surface area (Å²) in [5.74, 6) is 2.46. The predicted molar refractivity (Wildman–Crippen MR) is 96.8 cm³/mol. The van der Waals surface area contributed by atoms with Gasteiger partial charge in [-0.25, -0.2) is 0 Å². The third-order valence-electron chi connectivity index (χ3n) is 4.53. The third kappa shape index (κ3) is 2.97. The summed E-state index contributed by atoms with van der Waals surface area (Å²) in [6.45, 7) is 0. The Labute approximate surface area is 147 Å². The average molecular weight is 342 g/mol. The third-order valence-corrected chi connectivity index (χ3v) is 4.53. The second-order valence-electron chi connectivity index (χ2n) is 5.76. The van der Waals surface area contributed by atoms with E-state index in [-0.39, 0.29) is 5.75 Å². The van der Waals surface area contributed by atoms with E-state index in [4.69, 9.17) is 18.9 Å². The second kappa shape index (κ2) is 6.97. The molecule has 0 bridgehead atoms. The molecule has 1 N–H and O–H groups in total. The molecule has 25 heavy (non-hydrogen) atoms. The smallest absolute Gasteiger partial charge is 0.203 e. The minimum Gasteiger partial charge on any atom is -0.504 e. The topological polar surface area (TPSA) is 57.2 Å². The first-order chi connectivity index (χ1) is 12.1. The van der Waals surface area contributed by atoms with Gasteiger partial charge in [-0.1, -0.05) is 6.07 Å². The van der Waals surface area contributed by atoms with Crippen LogP contribution in [-0.2, 0) is 0 Å². The van der Waals surface area contributed by atoms with E-state index in [1.54, 1.807) is 40.6 Å². The molecule has 0 aromatic heterocycles. The number of hydrogen-bond donors (Lipinski definition) is 1. The Hall–Kier alpha value is -2.82. The lowest BCUT2D eigenvalue weighted by molar-refractivity contribution is 0.324. The largest absolute Gasteiger partial charge is 0.504 e. The fraction of sp³-hybridized carbons (Fsp3) is 0.300. The van der Waals surface area contributed by atoms with Crippen molar-refractivity contribution in [2.75, 3.05) is 28.4 Å². The Balaban J connectivity index is 2.07. The lowest BCUT2D eigenvalue weighted by Gasteiger charge is -2.26. The van der Waals surface area contributed by atoms with Crippen LogP contribution in [0, 0.1) is 0 Å². The maximum atomic E-state index is 10.0. The number of phenols is 1. The van der Waals surface area contributed by atoms with Gasteiger partial charge in [0, 0.05) is 0 Å². The number of allylic oxidation sites excluding steroid dienone is 2. The van der Waals surface area contributed by atoms with Crippen molar-refractivity contribution < 1.29 is 24.1 Å². The minimum atomic E-state index is 0.142. The molecule has 2 aromatic carbocycles. The molecule has 0 fully saturated rings. The van der Waals surface area contributed by atoms with E-state index in [9.17, 15) is 5.11 Å². The average Bonchev–Trinajstić information content (AvgIpc) is 2.60. The van der Waals surface area contributed by atoms with Gasteiger partial charge in [-0.05, 0) is 59.4 Å². The molecule has 0 aliphatic heterocycles. The molecule has 132 valence electrons. The van der Waals surface area contributed by atoms with Crippen LogP contribution >= 0.6 is 0 Å². The van der Waals surface area contributed by atoms with E-state index < -0.39 is 0 Å². The van der Waals surface area contributed by atoms with Gasteiger partial charge in [0.25, 0.3) is 0 Å². The fourth-order valence-electron chi connectivity index (χ4n) is 3.15. The molecule has 0 heterocycles. The monoisotopic (exact) mass is 342 g/mol. The highest BCUT2D eigenvalue weighted by Crippen LogP contribution is 2.48. The van der Waals surface area contributed by atoms with Crippen molar-refractivity contribution in [1.29, 1.82) is 0 Å². The molecule has 0 saturated heterocycles. The molecule has 1 aliphatic rings. The van der Waals surface area contributed by atoms with Gasteiger partial charge in [0.15, 0.2) is 23.0 Å². The Morgan fingerprint density at radius 3 is 1.68 bits per heavy atom. The quantitative estimate of drug-likeness (QED) is 0.855. The normalized spacial score (nSPS) is 13.3. The van der Waals surface area contributed by atoms with Crippen LogP contribution in [-0.4, -0.2) is 33.5 Å². The van der Waals surface area contributed by atoms with Crippen LogP contribution in [0.15, 0.2) is 30.3 Å². The van der Waals surface area contributed by atoms with E-state index in [0.717, 1.165) is 24.0 Å². The van der Waals surface area contributed by atoms with Crippen molar-refractivity contribution in [3.05, 3.63) is 41.5 Å². The SMILES string of the molecule is COc1ccc(C2=C(c3cc(OC)c(OC)c(OC)c3)CC2)cc1O. The van der Waals surface area contributed by atoms with Crippen molar-refractivity contribution in [3.63, 3.8) is 0 Å². The number of phenolic OH excluding ortho intramolecular Hbond substituents is 1. The summed E-state index contributed by atoms with van der Waals surface area (Å²) < 4.78 is 21.4. The summed E-state index contributed by atoms with van der Waals surface area (Å²) in [6.07, 6.45) is 1.92. The van der Waals surface area contributed by atoms with Crippen molar-refractivity contribution in [2.45, 2.75) is 12.8 Å². The molecule has 0 amide bonds. The van der Waals surface area contributed by atoms with Crippen LogP contribution in [0.2, 0.25) is 0 Å². The summed E-state index contributed by atoms with van der Waals surface area (Å²) in [5.41, 5.74) is 4.44. The van der Waals surface area contributed by atoms with E-state index in [2.05, 4.69) is 0 Å². The number of benzene rings is 2. The molecular weight excluding hydrogens is 320 g/mol. The summed E-state index contributed by atoms with van der Waals surface area (Å²) in [4.78, 5) is 0. The van der Waals surface area contributed by atoms with Gasteiger partial charge in [0.05, 0.1) is 28.4 Å². The van der Waals surface area contributed by atoms with E-state index in [1.807, 2.05) is 18.2 Å². The molecule has 0 atom stereocenters. The Morgan fingerprint density at radius 2 is 1.24 bits per heavy atom. The standard InChI is InChI=1S/C20H22O5/c1-22-17-8-5-12(9-16(17)21)14-6-7-15(14)13-10-18(23-2)20(25-4)19(11-13)24-3/h5,8-11,21H,6-7H2,1-4H3. The molecule has 0 unspecified atom stereocenters. The summed E-state index contributed by atoms with van der Waals surface area (Å²) in [7, 11) is 6.35. The van der Waals surface area contributed by atoms with Crippen LogP contribution in [0.25, 0.3) is 11.1 Å². The van der Waals surface area contributed by atoms with Gasteiger partial charge in [-0.15, -0.1) is 0 Å². The van der Waals surface area contributed by atoms with Crippen LogP contribution in [0.1, 0.15) is 24.0 Å². The van der Waals surface area contributed by atoms with Gasteiger partial charge in [0.2, 0.25) is 5.75 Å². The van der Waals surface area contributed by atoms with Crippen LogP contribution in [0.3, 0.4) is 0 Å². The zero-order valence-electron chi connectivity index (χ0n) is 14.9. The van der Waals surface area contributed by atoms with Crippen molar-refractivity contribution in [3.8, 4) is 28.7 Å². The number of rotatable bonds is 6. The zero-order valence-corrected chi connectivity index (χ0v) is 14.9. The van der Waals surface area contributed by atoms with Crippen molar-refractivity contribution in [2.24, 2.45) is 0 Å². The van der Waals surface area contributed by atoms with Crippen LogP contribution < -0.4 is 18.9 Å². The first-order valence-corrected chi connectivity index (χ1v) is 8.02. The maximum Gasteiger partial charge on any atom is 0.203 e. The fourth-order valence-corrected chi connectivity index (χ4v) is 3.15. The predicted octanol–water partition coefficient (Wildman–Crippen LogP) is 4.13. The minimum absolute atomic E-state index is 0.142. The van der Waals surface area contributed by atoms with Gasteiger partial charge in [-0.3, -0.25) is 0 Å². The summed E-state index contributed by atoms with van der Waals surface area (Å²) in [6, 6.07) is 9.40. The number of aromatic hydroxyl groups is 1. The summed E-state index contributed by atoms with van der Waals surface area (Å²) in [5, 5.41) is 10.0. The molecular formula is C20H22O5. The molecule has 0 spiro atoms. The van der Waals surface area contributed by atoms with E-state index in [0.29, 0.717) is 23.0 Å². The van der Waals surface area contributed by atoms with Gasteiger partial charge in [-0.2, -0.15) is 0 Å². The highest BCUT2D eigenvalue weighted by Gasteiger charge is 2.24. The van der Waals surface area contributed by atoms with Gasteiger partial charge < -0.3 is 24.1 Å². The number of hydrogen-bond acceptors (Lipinski definition) is 5. The molecule has 2 aromatic rings. The number of ether oxygens (including phenoxy) is 4. The first kappa shape index (κ1) is 17.0. The molecule has 0 radical (unpaired) electrons. The van der Waals surface area contributed by atoms with Crippen molar-refractivity contribution >= 4 is 11.1 Å². The summed E-state index contributed by atoms with van der Waals surface area (Å²) >= 11 is 0. The maximum absolute atomic E-state index is 10.0. The number of methoxy groups -OCH3 is 4. The van der Waals surface area contributed by atoms with Crippen LogP contribution in [0.5, 0.6) is 28.7 Å². The highest BCUT2D eigenvalue weighted by molar-refractivity contribution is 5.97. The van der Waals surface area contributed by atoms with Gasteiger partial charge >= 0.3 is 0 Å². The van der Waals surface area contributed by atoms with E-state index in [1.165, 1.54) is 11.1 Å². The van der Waals surface area contributed by atoms with Gasteiger partial charge in [0.1, 0.15) is 0 Å². The van der Waals surface area contributed by atoms with Crippen LogP contribution in [0.4, 0.5) is 0 Å². The molecule has 5 heteroatoms. The lowest BCUT2D eigenvalue weighted by atomic mass is 9.80. The Morgan fingerprint density at radius 1 is 0.680 bits per heavy atom. The Bertz CT molecular complexity index is 798. The van der Waals surface area contributed by atoms with E-state index >= 15 is 0 Å². The molecule has 5 nitrogen and oxygen atoms in total. The second-order valence-corrected chi connectivity index (χ2v) is 5.76. The van der Waals surface area contributed by atoms with Crippen molar-refractivity contribution in [1.82, 2.24) is 0 Å². The molecule has 1 aliphatic carbocycles. The lowest BCUT2D eigenvalue weighted by Crippen LogP contribution is -2.04.